The third-order valence-corrected chi connectivity index (χ3v) is 8.40. The molecule has 0 unspecified atom stereocenters. The number of fused-ring (bicyclic) bond motifs is 3. The van der Waals surface area contributed by atoms with Gasteiger partial charge in [-0.1, -0.05) is 35.9 Å². The number of nitrogens with one attached hydrogen (secondary N) is 2. The van der Waals surface area contributed by atoms with Crippen molar-refractivity contribution in [2.45, 2.75) is 45.1 Å². The molecule has 1 aliphatic rings. The van der Waals surface area contributed by atoms with Gasteiger partial charge in [0.2, 0.25) is 5.43 Å². The summed E-state index contributed by atoms with van der Waals surface area (Å²) in [6.45, 7) is 1.78. The fourth-order valence-electron chi connectivity index (χ4n) is 5.93. The number of aryl methyl sites for hydroxylation is 1. The summed E-state index contributed by atoms with van der Waals surface area (Å²) in [6, 6.07) is 21.1. The van der Waals surface area contributed by atoms with Gasteiger partial charge in [-0.25, -0.2) is 0 Å². The van der Waals surface area contributed by atoms with Gasteiger partial charge in [0.05, 0.1) is 18.1 Å². The molecule has 2 aromatic heterocycles. The molecular weight excluding hydrogens is 560 g/mol. The van der Waals surface area contributed by atoms with E-state index in [4.69, 9.17) is 21.3 Å². The first-order chi connectivity index (χ1) is 21.0. The average Bonchev–Trinajstić information content (AvgIpc) is 3.03. The molecule has 43 heavy (non-hydrogen) atoms. The summed E-state index contributed by atoms with van der Waals surface area (Å²) in [5.41, 5.74) is 6.30. The van der Waals surface area contributed by atoms with E-state index in [1.807, 2.05) is 65.2 Å². The van der Waals surface area contributed by atoms with E-state index in [1.54, 1.807) is 19.4 Å². The van der Waals surface area contributed by atoms with Gasteiger partial charge in [0.15, 0.2) is 0 Å². The molecule has 1 aliphatic carbocycles. The number of aromatic nitrogens is 2. The van der Waals surface area contributed by atoms with Gasteiger partial charge in [-0.2, -0.15) is 0 Å². The number of para-hydroxylation sites is 1. The zero-order valence-corrected chi connectivity index (χ0v) is 25.0. The van der Waals surface area contributed by atoms with Gasteiger partial charge >= 0.3 is 0 Å². The highest BCUT2D eigenvalue weighted by atomic mass is 35.5. The molecule has 0 atom stereocenters. The van der Waals surface area contributed by atoms with Gasteiger partial charge < -0.3 is 19.9 Å². The largest absolute Gasteiger partial charge is 0.497 e. The van der Waals surface area contributed by atoms with Crippen molar-refractivity contribution in [1.82, 2.24) is 14.9 Å². The van der Waals surface area contributed by atoms with Crippen LogP contribution in [0.15, 0.2) is 77.7 Å². The lowest BCUT2D eigenvalue weighted by molar-refractivity contribution is 0.0951. The Morgan fingerprint density at radius 1 is 0.977 bits per heavy atom. The minimum absolute atomic E-state index is 0.152. The molecule has 0 spiro atoms. The van der Waals surface area contributed by atoms with Crippen molar-refractivity contribution in [3.05, 3.63) is 111 Å². The lowest BCUT2D eigenvalue weighted by Crippen LogP contribution is -2.30. The summed E-state index contributed by atoms with van der Waals surface area (Å²) in [4.78, 5) is 31.4. The number of ether oxygens (including phenoxy) is 1. The van der Waals surface area contributed by atoms with Crippen LogP contribution in [0.1, 0.15) is 52.9 Å². The van der Waals surface area contributed by atoms with Crippen LogP contribution in [0.3, 0.4) is 0 Å². The lowest BCUT2D eigenvalue weighted by Gasteiger charge is -2.22. The number of methoxy groups -OCH3 is 1. The second-order valence-electron chi connectivity index (χ2n) is 11.0. The number of carbonyl (C=O) groups is 1. The van der Waals surface area contributed by atoms with Gasteiger partial charge in [0.25, 0.3) is 5.91 Å². The Hall–Kier alpha value is -4.36. The van der Waals surface area contributed by atoms with Crippen molar-refractivity contribution in [1.29, 1.82) is 0 Å². The molecule has 6 rings (SSSR count). The highest BCUT2D eigenvalue weighted by molar-refractivity contribution is 6.31. The molecule has 0 radical (unpaired) electrons. The number of benzene rings is 3. The molecule has 1 amide bonds. The number of unbranched alkanes of at least 4 members (excludes halogenated alkanes) is 1. The number of amides is 1. The van der Waals surface area contributed by atoms with Crippen LogP contribution in [0, 0.1) is 0 Å². The van der Waals surface area contributed by atoms with Crippen molar-refractivity contribution in [2.24, 2.45) is 0 Å². The maximum absolute atomic E-state index is 13.3. The van der Waals surface area contributed by atoms with E-state index < -0.39 is 0 Å². The van der Waals surface area contributed by atoms with Gasteiger partial charge in [-0.3, -0.25) is 14.6 Å². The molecular formula is C35H35ClN4O3. The number of hydrogen-bond donors (Lipinski definition) is 2. The highest BCUT2D eigenvalue weighted by Gasteiger charge is 2.19. The van der Waals surface area contributed by atoms with Crippen LogP contribution in [0.4, 0.5) is 5.69 Å². The summed E-state index contributed by atoms with van der Waals surface area (Å²) in [6.07, 6.45) is 7.68. The Kier molecular flexibility index (Phi) is 8.61. The van der Waals surface area contributed by atoms with Crippen LogP contribution in [-0.4, -0.2) is 35.7 Å². The zero-order valence-electron chi connectivity index (χ0n) is 24.3. The summed E-state index contributed by atoms with van der Waals surface area (Å²) >= 11 is 6.26. The number of pyridine rings is 2. The van der Waals surface area contributed by atoms with E-state index in [1.165, 1.54) is 17.7 Å². The van der Waals surface area contributed by atoms with Crippen LogP contribution in [-0.2, 0) is 19.4 Å². The predicted octanol–water partition coefficient (Wildman–Crippen LogP) is 6.76. The van der Waals surface area contributed by atoms with Gasteiger partial charge in [-0.05, 0) is 92.1 Å². The normalized spacial score (nSPS) is 12.7. The molecule has 3 aromatic carbocycles. The monoisotopic (exact) mass is 594 g/mol. The van der Waals surface area contributed by atoms with Crippen LogP contribution in [0.25, 0.3) is 21.8 Å². The number of halogens is 1. The van der Waals surface area contributed by atoms with E-state index in [0.29, 0.717) is 23.5 Å². The summed E-state index contributed by atoms with van der Waals surface area (Å²) < 4.78 is 7.23. The minimum Gasteiger partial charge on any atom is -0.497 e. The molecule has 8 heteroatoms. The van der Waals surface area contributed by atoms with Crippen molar-refractivity contribution < 1.29 is 9.53 Å². The number of rotatable bonds is 10. The van der Waals surface area contributed by atoms with Gasteiger partial charge in [-0.15, -0.1) is 0 Å². The molecule has 220 valence electrons. The predicted molar refractivity (Wildman–Crippen MR) is 174 cm³/mol. The molecule has 2 heterocycles. The van der Waals surface area contributed by atoms with Gasteiger partial charge in [0.1, 0.15) is 11.3 Å². The topological polar surface area (TPSA) is 85.2 Å². The average molecular weight is 595 g/mol. The van der Waals surface area contributed by atoms with Crippen molar-refractivity contribution >= 4 is 45.0 Å². The fourth-order valence-corrected chi connectivity index (χ4v) is 6.09. The van der Waals surface area contributed by atoms with E-state index in [0.717, 1.165) is 72.1 Å². The maximum Gasteiger partial charge on any atom is 0.256 e. The molecule has 0 bridgehead atoms. The fraction of sp³-hybridized carbons (Fsp3) is 0.286. The standard InChI is InChI=1S/C35H35ClN4O3/c1-43-25-15-12-23(13-16-25)21-40-22-29(34(41)28-9-3-5-11-32(28)40)35(42)38-19-7-6-18-37-33-26-8-2-4-10-30(26)39-31-20-24(36)14-17-27(31)33/h3,5,9,11-17,20,22H,2,4,6-8,10,18-19,21H2,1H3,(H,37,39)(H,38,42). The maximum atomic E-state index is 13.3. The Morgan fingerprint density at radius 2 is 1.77 bits per heavy atom. The van der Waals surface area contributed by atoms with Crippen LogP contribution in [0.2, 0.25) is 5.02 Å². The van der Waals surface area contributed by atoms with Crippen molar-refractivity contribution in [3.8, 4) is 5.75 Å². The second kappa shape index (κ2) is 12.9. The van der Waals surface area contributed by atoms with Crippen LogP contribution in [0.5, 0.6) is 5.75 Å². The number of anilines is 1. The first kappa shape index (κ1) is 28.7. The molecule has 7 nitrogen and oxygen atoms in total. The lowest BCUT2D eigenvalue weighted by atomic mass is 9.92. The number of carbonyl (C=O) groups excluding carboxylic acids is 1. The van der Waals surface area contributed by atoms with Crippen molar-refractivity contribution in [2.75, 3.05) is 25.5 Å². The van der Waals surface area contributed by atoms with Crippen molar-refractivity contribution in [3.63, 3.8) is 0 Å². The van der Waals surface area contributed by atoms with E-state index in [2.05, 4.69) is 10.6 Å². The third-order valence-electron chi connectivity index (χ3n) is 8.16. The molecule has 2 N–H and O–H groups in total. The quantitative estimate of drug-likeness (QED) is 0.175. The van der Waals surface area contributed by atoms with E-state index >= 15 is 0 Å². The number of nitrogens with zero attached hydrogens (tertiary/aromatic N) is 2. The summed E-state index contributed by atoms with van der Waals surface area (Å²) in [5.74, 6) is 0.431. The molecule has 0 fully saturated rings. The van der Waals surface area contributed by atoms with Crippen LogP contribution < -0.4 is 20.8 Å². The second-order valence-corrected chi connectivity index (χ2v) is 11.5. The molecule has 0 aliphatic heterocycles. The van der Waals surface area contributed by atoms with E-state index in [-0.39, 0.29) is 16.9 Å². The first-order valence-corrected chi connectivity index (χ1v) is 15.3. The molecule has 0 saturated heterocycles. The zero-order chi connectivity index (χ0) is 29.8. The Balaban J connectivity index is 1.11. The number of hydrogen-bond acceptors (Lipinski definition) is 5. The van der Waals surface area contributed by atoms with E-state index in [9.17, 15) is 9.59 Å². The Bertz CT molecular complexity index is 1850. The third kappa shape index (κ3) is 6.22. The highest BCUT2D eigenvalue weighted by Crippen LogP contribution is 2.34. The van der Waals surface area contributed by atoms with Gasteiger partial charge in [0, 0.05) is 53.0 Å². The molecule has 5 aromatic rings. The Morgan fingerprint density at radius 3 is 2.60 bits per heavy atom. The first-order valence-electron chi connectivity index (χ1n) is 14.9. The summed E-state index contributed by atoms with van der Waals surface area (Å²) in [5, 5.41) is 8.96. The van der Waals surface area contributed by atoms with Crippen LogP contribution >= 0.6 is 11.6 Å². The minimum atomic E-state index is -0.349. The Labute approximate surface area is 255 Å². The SMILES string of the molecule is COc1ccc(Cn2cc(C(=O)NCCCCNc3c4c(nc5cc(Cl)ccc35)CCCC4)c(=O)c3ccccc32)cc1. The smallest absolute Gasteiger partial charge is 0.256 e. The molecule has 0 saturated carbocycles. The summed E-state index contributed by atoms with van der Waals surface area (Å²) in [7, 11) is 1.64.